The van der Waals surface area contributed by atoms with Crippen LogP contribution in [0, 0.1) is 5.82 Å². The molecule has 1 amide bonds. The molecular weight excluding hydrogens is 364 g/mol. The highest BCUT2D eigenvalue weighted by Gasteiger charge is 2.14. The number of amides is 1. The fourth-order valence-electron chi connectivity index (χ4n) is 2.27. The Morgan fingerprint density at radius 1 is 1.08 bits per heavy atom. The van der Waals surface area contributed by atoms with E-state index in [1.807, 2.05) is 0 Å². The average Bonchev–Trinajstić information content (AvgIpc) is 2.58. The Bertz CT molecular complexity index is 697. The van der Waals surface area contributed by atoms with Gasteiger partial charge in [0.25, 0.3) is 5.91 Å². The molecule has 0 heterocycles. The van der Waals surface area contributed by atoms with Gasteiger partial charge in [0.1, 0.15) is 5.82 Å². The minimum atomic E-state index is -0.384. The molecule has 0 aromatic heterocycles. The van der Waals surface area contributed by atoms with E-state index in [-0.39, 0.29) is 21.8 Å². The highest BCUT2D eigenvalue weighted by molar-refractivity contribution is 6.37. The molecule has 0 spiro atoms. The molecule has 0 aliphatic rings. The largest absolute Gasteiger partial charge is 0.490 e. The second-order valence-corrected chi connectivity index (χ2v) is 6.45. The number of anilines is 1. The predicted molar refractivity (Wildman–Crippen MR) is 100 cm³/mol. The minimum Gasteiger partial charge on any atom is -0.490 e. The Balaban J connectivity index is 2.02. The SMILES string of the molecule is CCCCCCOc1c(Cl)cc(C(=O)Nc2ccc(F)cc2)cc1Cl. The molecule has 1 N–H and O–H groups in total. The summed E-state index contributed by atoms with van der Waals surface area (Å²) < 4.78 is 18.5. The van der Waals surface area contributed by atoms with Crippen molar-refractivity contribution < 1.29 is 13.9 Å². The Kier molecular flexibility index (Phi) is 7.53. The quantitative estimate of drug-likeness (QED) is 0.539. The summed E-state index contributed by atoms with van der Waals surface area (Å²) in [5.41, 5.74) is 0.785. The van der Waals surface area contributed by atoms with Gasteiger partial charge in [0.15, 0.2) is 5.75 Å². The number of nitrogens with one attached hydrogen (secondary N) is 1. The summed E-state index contributed by atoms with van der Waals surface area (Å²) in [4.78, 5) is 12.3. The van der Waals surface area contributed by atoms with Crippen LogP contribution in [0.2, 0.25) is 10.0 Å². The average molecular weight is 384 g/mol. The third-order valence-electron chi connectivity index (χ3n) is 3.61. The third-order valence-corrected chi connectivity index (χ3v) is 4.17. The molecule has 0 saturated heterocycles. The zero-order chi connectivity index (χ0) is 18.2. The van der Waals surface area contributed by atoms with Crippen molar-refractivity contribution in [3.8, 4) is 5.75 Å². The normalized spacial score (nSPS) is 10.6. The molecule has 0 unspecified atom stereocenters. The number of halogens is 3. The van der Waals surface area contributed by atoms with Crippen molar-refractivity contribution >= 4 is 34.8 Å². The van der Waals surface area contributed by atoms with E-state index < -0.39 is 0 Å². The van der Waals surface area contributed by atoms with Gasteiger partial charge in [-0.2, -0.15) is 0 Å². The predicted octanol–water partition coefficient (Wildman–Crippen LogP) is 6.34. The maximum atomic E-state index is 12.9. The minimum absolute atomic E-state index is 0.284. The summed E-state index contributed by atoms with van der Waals surface area (Å²) in [6.07, 6.45) is 4.32. The van der Waals surface area contributed by atoms with Gasteiger partial charge in [0.05, 0.1) is 16.7 Å². The Labute approximate surface area is 157 Å². The lowest BCUT2D eigenvalue weighted by Gasteiger charge is -2.12. The molecular formula is C19H20Cl2FNO2. The van der Waals surface area contributed by atoms with E-state index in [0.717, 1.165) is 25.7 Å². The highest BCUT2D eigenvalue weighted by atomic mass is 35.5. The molecule has 0 aliphatic carbocycles. The van der Waals surface area contributed by atoms with Crippen LogP contribution in [0.3, 0.4) is 0 Å². The van der Waals surface area contributed by atoms with Crippen LogP contribution in [-0.2, 0) is 0 Å². The van der Waals surface area contributed by atoms with Crippen LogP contribution < -0.4 is 10.1 Å². The molecule has 0 bridgehead atoms. The van der Waals surface area contributed by atoms with E-state index in [2.05, 4.69) is 12.2 Å². The standard InChI is InChI=1S/C19H20Cl2FNO2/c1-2-3-4-5-10-25-18-16(20)11-13(12-17(18)21)19(24)23-15-8-6-14(22)7-9-15/h6-9,11-12H,2-5,10H2,1H3,(H,23,24). The van der Waals surface area contributed by atoms with Crippen molar-refractivity contribution in [1.82, 2.24) is 0 Å². The number of carbonyl (C=O) groups excluding carboxylic acids is 1. The van der Waals surface area contributed by atoms with Crippen LogP contribution in [0.5, 0.6) is 5.75 Å². The first-order valence-electron chi connectivity index (χ1n) is 8.20. The van der Waals surface area contributed by atoms with Gasteiger partial charge in [0, 0.05) is 11.3 Å². The first kappa shape index (κ1) is 19.5. The van der Waals surface area contributed by atoms with Crippen LogP contribution in [0.15, 0.2) is 36.4 Å². The van der Waals surface area contributed by atoms with Gasteiger partial charge in [-0.3, -0.25) is 4.79 Å². The van der Waals surface area contributed by atoms with Crippen molar-refractivity contribution in [2.45, 2.75) is 32.6 Å². The molecule has 2 aromatic carbocycles. The second kappa shape index (κ2) is 9.64. The summed E-state index contributed by atoms with van der Waals surface area (Å²) in [5, 5.41) is 3.23. The molecule has 3 nitrogen and oxygen atoms in total. The molecule has 0 saturated carbocycles. The van der Waals surface area contributed by atoms with Gasteiger partial charge in [-0.1, -0.05) is 49.4 Å². The monoisotopic (exact) mass is 383 g/mol. The first-order valence-corrected chi connectivity index (χ1v) is 8.95. The van der Waals surface area contributed by atoms with Crippen LogP contribution in [0.25, 0.3) is 0 Å². The van der Waals surface area contributed by atoms with Gasteiger partial charge in [-0.15, -0.1) is 0 Å². The molecule has 25 heavy (non-hydrogen) atoms. The number of rotatable bonds is 8. The van der Waals surface area contributed by atoms with Crippen LogP contribution in [0.1, 0.15) is 43.0 Å². The van der Waals surface area contributed by atoms with Crippen molar-refractivity contribution in [2.24, 2.45) is 0 Å². The summed E-state index contributed by atoms with van der Waals surface area (Å²) in [6.45, 7) is 2.67. The number of ether oxygens (including phenoxy) is 1. The number of unbranched alkanes of at least 4 members (excludes halogenated alkanes) is 3. The van der Waals surface area contributed by atoms with E-state index in [9.17, 15) is 9.18 Å². The molecule has 2 rings (SSSR count). The lowest BCUT2D eigenvalue weighted by molar-refractivity contribution is 0.102. The number of hydrogen-bond acceptors (Lipinski definition) is 2. The molecule has 2 aromatic rings. The maximum Gasteiger partial charge on any atom is 0.255 e. The lowest BCUT2D eigenvalue weighted by atomic mass is 10.2. The summed E-state index contributed by atoms with van der Waals surface area (Å²) in [6, 6.07) is 8.51. The molecule has 6 heteroatoms. The van der Waals surface area contributed by atoms with Gasteiger partial charge in [0.2, 0.25) is 0 Å². The number of carbonyl (C=O) groups is 1. The zero-order valence-corrected chi connectivity index (χ0v) is 15.5. The van der Waals surface area contributed by atoms with Crippen molar-refractivity contribution in [3.05, 3.63) is 57.8 Å². The zero-order valence-electron chi connectivity index (χ0n) is 14.0. The van der Waals surface area contributed by atoms with E-state index in [0.29, 0.717) is 23.6 Å². The van der Waals surface area contributed by atoms with Crippen LogP contribution >= 0.6 is 23.2 Å². The van der Waals surface area contributed by atoms with E-state index in [1.54, 1.807) is 0 Å². The molecule has 0 fully saturated rings. The first-order chi connectivity index (χ1) is 12.0. The Hall–Kier alpha value is -1.78. The number of hydrogen-bond donors (Lipinski definition) is 1. The van der Waals surface area contributed by atoms with Gasteiger partial charge in [-0.05, 0) is 42.8 Å². The molecule has 0 radical (unpaired) electrons. The Morgan fingerprint density at radius 3 is 2.32 bits per heavy atom. The number of benzene rings is 2. The van der Waals surface area contributed by atoms with Gasteiger partial charge < -0.3 is 10.1 Å². The smallest absolute Gasteiger partial charge is 0.255 e. The van der Waals surface area contributed by atoms with Crippen LogP contribution in [-0.4, -0.2) is 12.5 Å². The van der Waals surface area contributed by atoms with Gasteiger partial charge in [-0.25, -0.2) is 4.39 Å². The van der Waals surface area contributed by atoms with Crippen molar-refractivity contribution in [2.75, 3.05) is 11.9 Å². The second-order valence-electron chi connectivity index (χ2n) is 5.64. The summed E-state index contributed by atoms with van der Waals surface area (Å²) in [5.74, 6) is -0.368. The molecule has 134 valence electrons. The lowest BCUT2D eigenvalue weighted by Crippen LogP contribution is -2.12. The highest BCUT2D eigenvalue weighted by Crippen LogP contribution is 2.34. The Morgan fingerprint density at radius 2 is 1.72 bits per heavy atom. The molecule has 0 aliphatic heterocycles. The van der Waals surface area contributed by atoms with Crippen molar-refractivity contribution in [3.63, 3.8) is 0 Å². The van der Waals surface area contributed by atoms with E-state index in [1.165, 1.54) is 36.4 Å². The van der Waals surface area contributed by atoms with E-state index >= 15 is 0 Å². The topological polar surface area (TPSA) is 38.3 Å². The summed E-state index contributed by atoms with van der Waals surface area (Å²) >= 11 is 12.4. The summed E-state index contributed by atoms with van der Waals surface area (Å²) in [7, 11) is 0. The third kappa shape index (κ3) is 5.91. The van der Waals surface area contributed by atoms with Crippen molar-refractivity contribution in [1.29, 1.82) is 0 Å². The maximum absolute atomic E-state index is 12.9. The molecule has 0 atom stereocenters. The van der Waals surface area contributed by atoms with Crippen LogP contribution in [0.4, 0.5) is 10.1 Å². The fraction of sp³-hybridized carbons (Fsp3) is 0.316. The van der Waals surface area contributed by atoms with Gasteiger partial charge >= 0.3 is 0 Å². The fourth-order valence-corrected chi connectivity index (χ4v) is 2.86. The van der Waals surface area contributed by atoms with E-state index in [4.69, 9.17) is 27.9 Å².